The van der Waals surface area contributed by atoms with Gasteiger partial charge in [0.1, 0.15) is 5.78 Å². The SMILES string of the molecule is CC#CCCCC(=O)CCC. The highest BCUT2D eigenvalue weighted by Crippen LogP contribution is 2.00. The Morgan fingerprint density at radius 3 is 2.64 bits per heavy atom. The summed E-state index contributed by atoms with van der Waals surface area (Å²) in [5.74, 6) is 6.14. The van der Waals surface area contributed by atoms with E-state index in [1.807, 2.05) is 13.8 Å². The first-order valence-corrected chi connectivity index (χ1v) is 4.22. The van der Waals surface area contributed by atoms with E-state index >= 15 is 0 Å². The summed E-state index contributed by atoms with van der Waals surface area (Å²) >= 11 is 0. The van der Waals surface area contributed by atoms with Crippen LogP contribution in [-0.2, 0) is 4.79 Å². The van der Waals surface area contributed by atoms with Crippen molar-refractivity contribution in [2.45, 2.75) is 46.0 Å². The Morgan fingerprint density at radius 1 is 1.36 bits per heavy atom. The van der Waals surface area contributed by atoms with Crippen molar-refractivity contribution in [3.63, 3.8) is 0 Å². The maximum Gasteiger partial charge on any atom is 0.132 e. The van der Waals surface area contributed by atoms with Gasteiger partial charge >= 0.3 is 0 Å². The van der Waals surface area contributed by atoms with E-state index in [1.165, 1.54) is 0 Å². The van der Waals surface area contributed by atoms with Crippen molar-refractivity contribution < 1.29 is 4.79 Å². The van der Waals surface area contributed by atoms with Gasteiger partial charge in [-0.15, -0.1) is 11.8 Å². The Bertz CT molecular complexity index is 159. The summed E-state index contributed by atoms with van der Waals surface area (Å²) in [6.45, 7) is 3.86. The molecule has 0 aromatic heterocycles. The number of ketones is 1. The molecule has 11 heavy (non-hydrogen) atoms. The molecule has 0 aliphatic rings. The molecule has 0 spiro atoms. The van der Waals surface area contributed by atoms with E-state index in [2.05, 4.69) is 11.8 Å². The van der Waals surface area contributed by atoms with E-state index in [0.717, 1.165) is 25.7 Å². The van der Waals surface area contributed by atoms with Gasteiger partial charge in [0.05, 0.1) is 0 Å². The predicted molar refractivity (Wildman–Crippen MR) is 47.2 cm³/mol. The zero-order chi connectivity index (χ0) is 8.53. The lowest BCUT2D eigenvalue weighted by Gasteiger charge is -1.94. The molecule has 0 saturated heterocycles. The number of Topliss-reactive ketones (excluding diaryl/α,β-unsaturated/α-hetero) is 1. The van der Waals surface area contributed by atoms with Crippen molar-refractivity contribution >= 4 is 5.78 Å². The van der Waals surface area contributed by atoms with E-state index < -0.39 is 0 Å². The Balaban J connectivity index is 3.22. The zero-order valence-corrected chi connectivity index (χ0v) is 7.44. The summed E-state index contributed by atoms with van der Waals surface area (Å²) in [6, 6.07) is 0. The average molecular weight is 152 g/mol. The summed E-state index contributed by atoms with van der Waals surface area (Å²) in [5.41, 5.74) is 0. The molecule has 0 rings (SSSR count). The molecule has 0 amide bonds. The van der Waals surface area contributed by atoms with Gasteiger partial charge in [-0.1, -0.05) is 6.92 Å². The molecule has 62 valence electrons. The van der Waals surface area contributed by atoms with Crippen LogP contribution in [0.15, 0.2) is 0 Å². The maximum atomic E-state index is 11.0. The fraction of sp³-hybridized carbons (Fsp3) is 0.700. The van der Waals surface area contributed by atoms with E-state index in [1.54, 1.807) is 0 Å². The first-order valence-electron chi connectivity index (χ1n) is 4.22. The molecule has 0 aromatic rings. The van der Waals surface area contributed by atoms with Crippen LogP contribution in [0.25, 0.3) is 0 Å². The fourth-order valence-electron chi connectivity index (χ4n) is 0.903. The number of carbonyl (C=O) groups is 1. The second-order valence-electron chi connectivity index (χ2n) is 2.57. The number of carbonyl (C=O) groups excluding carboxylic acids is 1. The lowest BCUT2D eigenvalue weighted by Crippen LogP contribution is -1.95. The van der Waals surface area contributed by atoms with Gasteiger partial charge in [-0.25, -0.2) is 0 Å². The minimum absolute atomic E-state index is 0.380. The van der Waals surface area contributed by atoms with Crippen molar-refractivity contribution in [2.75, 3.05) is 0 Å². The number of rotatable bonds is 5. The molecule has 0 fully saturated rings. The summed E-state index contributed by atoms with van der Waals surface area (Å²) < 4.78 is 0. The van der Waals surface area contributed by atoms with E-state index in [0.29, 0.717) is 12.2 Å². The van der Waals surface area contributed by atoms with Crippen LogP contribution in [0.4, 0.5) is 0 Å². The van der Waals surface area contributed by atoms with E-state index in [4.69, 9.17) is 0 Å². The molecule has 0 unspecified atom stereocenters. The molecule has 0 aliphatic carbocycles. The molecule has 0 aromatic carbocycles. The smallest absolute Gasteiger partial charge is 0.132 e. The minimum Gasteiger partial charge on any atom is -0.300 e. The highest BCUT2D eigenvalue weighted by molar-refractivity contribution is 5.78. The summed E-state index contributed by atoms with van der Waals surface area (Å²) in [7, 11) is 0. The maximum absolute atomic E-state index is 11.0. The van der Waals surface area contributed by atoms with Crippen LogP contribution in [0.1, 0.15) is 46.0 Å². The molecule has 0 heterocycles. The van der Waals surface area contributed by atoms with Crippen LogP contribution in [0.3, 0.4) is 0 Å². The Morgan fingerprint density at radius 2 is 2.09 bits per heavy atom. The van der Waals surface area contributed by atoms with Crippen LogP contribution in [0.5, 0.6) is 0 Å². The van der Waals surface area contributed by atoms with Gasteiger partial charge in [0.15, 0.2) is 0 Å². The molecule has 0 N–H and O–H groups in total. The number of hydrogen-bond donors (Lipinski definition) is 0. The quantitative estimate of drug-likeness (QED) is 0.437. The van der Waals surface area contributed by atoms with Crippen LogP contribution in [0, 0.1) is 11.8 Å². The van der Waals surface area contributed by atoms with Crippen LogP contribution in [-0.4, -0.2) is 5.78 Å². The largest absolute Gasteiger partial charge is 0.300 e. The summed E-state index contributed by atoms with van der Waals surface area (Å²) in [6.07, 6.45) is 4.21. The van der Waals surface area contributed by atoms with Gasteiger partial charge in [0.2, 0.25) is 0 Å². The normalized spacial score (nSPS) is 8.55. The Hall–Kier alpha value is -0.770. The highest BCUT2D eigenvalue weighted by Gasteiger charge is 1.97. The second kappa shape index (κ2) is 7.34. The average Bonchev–Trinajstić information content (AvgIpc) is 1.99. The summed E-state index contributed by atoms with van der Waals surface area (Å²) in [5, 5.41) is 0. The van der Waals surface area contributed by atoms with Gasteiger partial charge < -0.3 is 0 Å². The predicted octanol–water partition coefficient (Wildman–Crippen LogP) is 2.55. The molecule has 0 aliphatic heterocycles. The number of hydrogen-bond acceptors (Lipinski definition) is 1. The van der Waals surface area contributed by atoms with Crippen molar-refractivity contribution in [1.29, 1.82) is 0 Å². The van der Waals surface area contributed by atoms with Crippen LogP contribution in [0.2, 0.25) is 0 Å². The molecular weight excluding hydrogens is 136 g/mol. The van der Waals surface area contributed by atoms with Crippen LogP contribution < -0.4 is 0 Å². The molecule has 0 bridgehead atoms. The van der Waals surface area contributed by atoms with Crippen molar-refractivity contribution in [1.82, 2.24) is 0 Å². The van der Waals surface area contributed by atoms with Gasteiger partial charge in [0, 0.05) is 19.3 Å². The van der Waals surface area contributed by atoms with Crippen LogP contribution >= 0.6 is 0 Å². The first-order chi connectivity index (χ1) is 5.31. The lowest BCUT2D eigenvalue weighted by atomic mass is 10.1. The zero-order valence-electron chi connectivity index (χ0n) is 7.44. The molecule has 1 heteroatoms. The van der Waals surface area contributed by atoms with Gasteiger partial charge in [-0.05, 0) is 19.8 Å². The Kier molecular flexibility index (Phi) is 6.82. The monoisotopic (exact) mass is 152 g/mol. The van der Waals surface area contributed by atoms with Crippen molar-refractivity contribution in [2.24, 2.45) is 0 Å². The lowest BCUT2D eigenvalue weighted by molar-refractivity contribution is -0.119. The van der Waals surface area contributed by atoms with Gasteiger partial charge in [0.25, 0.3) is 0 Å². The minimum atomic E-state index is 0.380. The third kappa shape index (κ3) is 7.12. The third-order valence-corrected chi connectivity index (χ3v) is 1.46. The molecule has 0 atom stereocenters. The Labute approximate surface area is 69.2 Å². The summed E-state index contributed by atoms with van der Waals surface area (Å²) in [4.78, 5) is 11.0. The molecule has 1 nitrogen and oxygen atoms in total. The fourth-order valence-corrected chi connectivity index (χ4v) is 0.903. The molecular formula is C10H16O. The van der Waals surface area contributed by atoms with E-state index in [-0.39, 0.29) is 0 Å². The number of unbranched alkanes of at least 4 members (excludes halogenated alkanes) is 1. The van der Waals surface area contributed by atoms with Crippen molar-refractivity contribution in [3.05, 3.63) is 0 Å². The van der Waals surface area contributed by atoms with E-state index in [9.17, 15) is 4.79 Å². The van der Waals surface area contributed by atoms with Gasteiger partial charge in [-0.3, -0.25) is 4.79 Å². The second-order valence-corrected chi connectivity index (χ2v) is 2.57. The topological polar surface area (TPSA) is 17.1 Å². The van der Waals surface area contributed by atoms with Crippen molar-refractivity contribution in [3.8, 4) is 11.8 Å². The van der Waals surface area contributed by atoms with Gasteiger partial charge in [-0.2, -0.15) is 0 Å². The molecule has 0 radical (unpaired) electrons. The first kappa shape index (κ1) is 10.2. The third-order valence-electron chi connectivity index (χ3n) is 1.46. The standard InChI is InChI=1S/C10H16O/c1-3-5-6-7-9-10(11)8-4-2/h4,6-9H2,1-2H3. The molecule has 0 saturated carbocycles. The highest BCUT2D eigenvalue weighted by atomic mass is 16.1.